The number of nitrogens with one attached hydrogen (secondary N) is 2. The third-order valence-electron chi connectivity index (χ3n) is 4.38. The van der Waals surface area contributed by atoms with Crippen LogP contribution in [-0.4, -0.2) is 44.0 Å². The summed E-state index contributed by atoms with van der Waals surface area (Å²) in [5.74, 6) is 0.347. The first-order chi connectivity index (χ1) is 13.0. The largest absolute Gasteiger partial charge is 0.497 e. The fraction of sp³-hybridized carbons (Fsp3) is 0.333. The van der Waals surface area contributed by atoms with Gasteiger partial charge in [-0.05, 0) is 36.9 Å². The summed E-state index contributed by atoms with van der Waals surface area (Å²) in [6.45, 7) is 3.05. The molecule has 1 unspecified atom stereocenters. The highest BCUT2D eigenvalue weighted by Crippen LogP contribution is 2.19. The number of carbonyl (C=O) groups is 2. The Bertz CT molecular complexity index is 732. The number of benzene rings is 2. The SMILES string of the molecule is CCN(C)C(C(=O)NCC(=O)NCc1ccc(OC)cc1)c1ccccc1. The van der Waals surface area contributed by atoms with E-state index in [4.69, 9.17) is 4.74 Å². The van der Waals surface area contributed by atoms with Gasteiger partial charge in [0.15, 0.2) is 0 Å². The topological polar surface area (TPSA) is 70.7 Å². The zero-order valence-electron chi connectivity index (χ0n) is 16.1. The van der Waals surface area contributed by atoms with Gasteiger partial charge >= 0.3 is 0 Å². The molecule has 0 saturated carbocycles. The van der Waals surface area contributed by atoms with Crippen LogP contribution in [0.1, 0.15) is 24.1 Å². The van der Waals surface area contributed by atoms with E-state index < -0.39 is 6.04 Å². The van der Waals surface area contributed by atoms with Crippen LogP contribution in [-0.2, 0) is 16.1 Å². The lowest BCUT2D eigenvalue weighted by Crippen LogP contribution is -2.43. The molecule has 0 aliphatic carbocycles. The molecule has 0 aliphatic heterocycles. The van der Waals surface area contributed by atoms with Gasteiger partial charge in [-0.1, -0.05) is 49.4 Å². The number of ether oxygens (including phenoxy) is 1. The van der Waals surface area contributed by atoms with Crippen LogP contribution in [0.25, 0.3) is 0 Å². The van der Waals surface area contributed by atoms with Gasteiger partial charge in [-0.25, -0.2) is 0 Å². The van der Waals surface area contributed by atoms with E-state index in [1.165, 1.54) is 0 Å². The fourth-order valence-electron chi connectivity index (χ4n) is 2.69. The summed E-state index contributed by atoms with van der Waals surface area (Å²) in [5, 5.41) is 5.54. The van der Waals surface area contributed by atoms with Crippen LogP contribution in [0.2, 0.25) is 0 Å². The van der Waals surface area contributed by atoms with E-state index in [1.54, 1.807) is 7.11 Å². The van der Waals surface area contributed by atoms with Crippen molar-refractivity contribution in [2.45, 2.75) is 19.5 Å². The molecule has 6 heteroatoms. The van der Waals surface area contributed by atoms with Crippen LogP contribution >= 0.6 is 0 Å². The van der Waals surface area contributed by atoms with E-state index >= 15 is 0 Å². The number of likely N-dealkylation sites (N-methyl/N-ethyl adjacent to an activating group) is 1. The molecule has 0 heterocycles. The van der Waals surface area contributed by atoms with Gasteiger partial charge < -0.3 is 15.4 Å². The van der Waals surface area contributed by atoms with Gasteiger partial charge in [-0.3, -0.25) is 14.5 Å². The molecule has 0 fully saturated rings. The van der Waals surface area contributed by atoms with Crippen LogP contribution in [0.15, 0.2) is 54.6 Å². The van der Waals surface area contributed by atoms with Gasteiger partial charge in [0, 0.05) is 6.54 Å². The van der Waals surface area contributed by atoms with E-state index in [0.29, 0.717) is 6.54 Å². The predicted octanol–water partition coefficient (Wildman–Crippen LogP) is 2.12. The van der Waals surface area contributed by atoms with Crippen molar-refractivity contribution in [2.24, 2.45) is 0 Å². The first kappa shape index (κ1) is 20.5. The average Bonchev–Trinajstić information content (AvgIpc) is 2.71. The van der Waals surface area contributed by atoms with Crippen molar-refractivity contribution < 1.29 is 14.3 Å². The summed E-state index contributed by atoms with van der Waals surface area (Å²) >= 11 is 0. The van der Waals surface area contributed by atoms with Gasteiger partial charge in [0.05, 0.1) is 13.7 Å². The van der Waals surface area contributed by atoms with E-state index in [9.17, 15) is 9.59 Å². The number of amides is 2. The molecular formula is C21H27N3O3. The second-order valence-electron chi connectivity index (χ2n) is 6.23. The van der Waals surface area contributed by atoms with E-state index in [0.717, 1.165) is 23.4 Å². The van der Waals surface area contributed by atoms with Crippen molar-refractivity contribution in [1.29, 1.82) is 0 Å². The molecule has 6 nitrogen and oxygen atoms in total. The van der Waals surface area contributed by atoms with Gasteiger partial charge in [-0.2, -0.15) is 0 Å². The van der Waals surface area contributed by atoms with E-state index in [2.05, 4.69) is 10.6 Å². The molecule has 0 radical (unpaired) electrons. The molecule has 0 saturated heterocycles. The Hall–Kier alpha value is -2.86. The number of hydrogen-bond acceptors (Lipinski definition) is 4. The Labute approximate surface area is 160 Å². The molecule has 1 atom stereocenters. The van der Waals surface area contributed by atoms with Crippen LogP contribution in [0.4, 0.5) is 0 Å². The zero-order valence-corrected chi connectivity index (χ0v) is 16.1. The van der Waals surface area contributed by atoms with Crippen molar-refractivity contribution in [3.8, 4) is 5.75 Å². The summed E-state index contributed by atoms with van der Waals surface area (Å²) in [7, 11) is 3.50. The normalized spacial score (nSPS) is 11.7. The second kappa shape index (κ2) is 10.3. The Morgan fingerprint density at radius 2 is 1.70 bits per heavy atom. The smallest absolute Gasteiger partial charge is 0.242 e. The van der Waals surface area contributed by atoms with Gasteiger partial charge in [0.1, 0.15) is 11.8 Å². The Morgan fingerprint density at radius 3 is 2.30 bits per heavy atom. The molecule has 2 aromatic rings. The molecular weight excluding hydrogens is 342 g/mol. The lowest BCUT2D eigenvalue weighted by Gasteiger charge is -2.26. The van der Waals surface area contributed by atoms with Crippen molar-refractivity contribution in [2.75, 3.05) is 27.2 Å². The zero-order chi connectivity index (χ0) is 19.6. The van der Waals surface area contributed by atoms with Crippen molar-refractivity contribution in [3.63, 3.8) is 0 Å². The summed E-state index contributed by atoms with van der Waals surface area (Å²) in [4.78, 5) is 26.7. The van der Waals surface area contributed by atoms with Crippen LogP contribution in [0.5, 0.6) is 5.75 Å². The predicted molar refractivity (Wildman–Crippen MR) is 105 cm³/mol. The molecule has 2 aromatic carbocycles. The van der Waals surface area contributed by atoms with Gasteiger partial charge in [-0.15, -0.1) is 0 Å². The molecule has 27 heavy (non-hydrogen) atoms. The molecule has 0 spiro atoms. The first-order valence-corrected chi connectivity index (χ1v) is 8.97. The fourth-order valence-corrected chi connectivity index (χ4v) is 2.69. The molecule has 0 aromatic heterocycles. The summed E-state index contributed by atoms with van der Waals surface area (Å²) in [5.41, 5.74) is 1.86. The van der Waals surface area contributed by atoms with Gasteiger partial charge in [0.2, 0.25) is 11.8 Å². The minimum atomic E-state index is -0.425. The monoisotopic (exact) mass is 369 g/mol. The Balaban J connectivity index is 1.87. The molecule has 144 valence electrons. The number of rotatable bonds is 9. The van der Waals surface area contributed by atoms with Crippen LogP contribution in [0, 0.1) is 0 Å². The maximum absolute atomic E-state index is 12.6. The maximum Gasteiger partial charge on any atom is 0.242 e. The standard InChI is InChI=1S/C21H27N3O3/c1-4-24(2)20(17-8-6-5-7-9-17)21(26)23-15-19(25)22-14-16-10-12-18(27-3)13-11-16/h5-13,20H,4,14-15H2,1-3H3,(H,22,25)(H,23,26). The highest BCUT2D eigenvalue weighted by molar-refractivity contribution is 5.88. The lowest BCUT2D eigenvalue weighted by atomic mass is 10.0. The van der Waals surface area contributed by atoms with Crippen molar-refractivity contribution in [1.82, 2.24) is 15.5 Å². The van der Waals surface area contributed by atoms with Crippen molar-refractivity contribution in [3.05, 3.63) is 65.7 Å². The summed E-state index contributed by atoms with van der Waals surface area (Å²) < 4.78 is 5.11. The number of carbonyl (C=O) groups excluding carboxylic acids is 2. The first-order valence-electron chi connectivity index (χ1n) is 8.97. The van der Waals surface area contributed by atoms with Crippen LogP contribution < -0.4 is 15.4 Å². The number of methoxy groups -OCH3 is 1. The van der Waals surface area contributed by atoms with Gasteiger partial charge in [0.25, 0.3) is 0 Å². The third-order valence-corrected chi connectivity index (χ3v) is 4.38. The minimum absolute atomic E-state index is 0.0596. The maximum atomic E-state index is 12.6. The molecule has 2 amide bonds. The number of hydrogen-bond donors (Lipinski definition) is 2. The summed E-state index contributed by atoms with van der Waals surface area (Å²) in [6.07, 6.45) is 0. The van der Waals surface area contributed by atoms with Crippen molar-refractivity contribution >= 4 is 11.8 Å². The van der Waals surface area contributed by atoms with Crippen LogP contribution in [0.3, 0.4) is 0 Å². The number of nitrogens with zero attached hydrogens (tertiary/aromatic N) is 1. The average molecular weight is 369 g/mol. The Kier molecular flexibility index (Phi) is 7.82. The molecule has 0 aliphatic rings. The quantitative estimate of drug-likeness (QED) is 0.710. The third kappa shape index (κ3) is 6.11. The highest BCUT2D eigenvalue weighted by atomic mass is 16.5. The van der Waals surface area contributed by atoms with E-state index in [-0.39, 0.29) is 18.4 Å². The Morgan fingerprint density at radius 1 is 1.04 bits per heavy atom. The molecule has 0 bridgehead atoms. The molecule has 2 N–H and O–H groups in total. The summed E-state index contributed by atoms with van der Waals surface area (Å²) in [6, 6.07) is 16.6. The minimum Gasteiger partial charge on any atom is -0.497 e. The lowest BCUT2D eigenvalue weighted by molar-refractivity contribution is -0.129. The van der Waals surface area contributed by atoms with E-state index in [1.807, 2.05) is 73.5 Å². The highest BCUT2D eigenvalue weighted by Gasteiger charge is 2.24. The molecule has 2 rings (SSSR count). The second-order valence-corrected chi connectivity index (χ2v) is 6.23.